The average Bonchev–Trinajstić information content (AvgIpc) is 3.12. The van der Waals surface area contributed by atoms with Crippen LogP contribution < -0.4 is 11.3 Å². The van der Waals surface area contributed by atoms with Gasteiger partial charge < -0.3 is 24.5 Å². The number of rotatable bonds is 2. The number of aromatic nitrogens is 4. The molecule has 2 aliphatic heterocycles. The number of nitrogens with zero attached hydrogens (tertiary/aromatic N) is 3. The Morgan fingerprint density at radius 1 is 1.15 bits per heavy atom. The predicted octanol–water partition coefficient (Wildman–Crippen LogP) is 1.15. The maximum absolute atomic E-state index is 12.0. The molecule has 5 rings (SSSR count). The van der Waals surface area contributed by atoms with Crippen LogP contribution in [0.15, 0.2) is 41.5 Å². The molecule has 4 heterocycles. The smallest absolute Gasteiger partial charge is 0.280 e. The zero-order valence-corrected chi connectivity index (χ0v) is 14.4. The van der Waals surface area contributed by atoms with Crippen molar-refractivity contribution in [3.05, 3.63) is 52.6 Å². The van der Waals surface area contributed by atoms with Gasteiger partial charge in [0.2, 0.25) is 5.95 Å². The Bertz CT molecular complexity index is 1020. The van der Waals surface area contributed by atoms with E-state index in [1.807, 2.05) is 34.9 Å². The van der Waals surface area contributed by atoms with Gasteiger partial charge in [0.1, 0.15) is 6.10 Å². The number of aromatic amines is 1. The van der Waals surface area contributed by atoms with Crippen molar-refractivity contribution in [2.24, 2.45) is 0 Å². The summed E-state index contributed by atoms with van der Waals surface area (Å²) in [4.78, 5) is 22.9. The van der Waals surface area contributed by atoms with Crippen LogP contribution in [-0.4, -0.2) is 44.9 Å². The molecular weight excluding hydrogens is 350 g/mol. The molecule has 2 fully saturated rings. The Labute approximate surface area is 154 Å². The van der Waals surface area contributed by atoms with Crippen LogP contribution in [0.25, 0.3) is 11.2 Å². The van der Waals surface area contributed by atoms with Crippen molar-refractivity contribution in [3.8, 4) is 0 Å². The summed E-state index contributed by atoms with van der Waals surface area (Å²) in [5, 5.41) is 0. The second-order valence-corrected chi connectivity index (χ2v) is 6.79. The van der Waals surface area contributed by atoms with Crippen LogP contribution in [0.5, 0.6) is 0 Å². The molecule has 27 heavy (non-hydrogen) atoms. The number of H-pyrrole nitrogens is 1. The third-order valence-corrected chi connectivity index (χ3v) is 5.05. The molecule has 9 nitrogen and oxygen atoms in total. The van der Waals surface area contributed by atoms with E-state index in [-0.39, 0.29) is 35.3 Å². The lowest BCUT2D eigenvalue weighted by Gasteiger charge is -2.42. The second kappa shape index (κ2) is 6.45. The Balaban J connectivity index is 1.40. The number of benzene rings is 1. The minimum atomic E-state index is -0.411. The molecule has 0 radical (unpaired) electrons. The van der Waals surface area contributed by atoms with E-state index in [1.165, 1.54) is 0 Å². The molecule has 1 unspecified atom stereocenters. The van der Waals surface area contributed by atoms with E-state index in [0.29, 0.717) is 25.3 Å². The van der Waals surface area contributed by atoms with Gasteiger partial charge in [0.25, 0.3) is 5.56 Å². The number of ether oxygens (including phenoxy) is 3. The van der Waals surface area contributed by atoms with Gasteiger partial charge in [-0.1, -0.05) is 30.3 Å². The molecule has 2 aromatic heterocycles. The van der Waals surface area contributed by atoms with Crippen molar-refractivity contribution in [1.29, 1.82) is 0 Å². The fraction of sp³-hybridized carbons (Fsp3) is 0.389. The highest BCUT2D eigenvalue weighted by Crippen LogP contribution is 2.35. The van der Waals surface area contributed by atoms with Crippen molar-refractivity contribution in [1.82, 2.24) is 19.5 Å². The molecular formula is C18H19N5O4. The van der Waals surface area contributed by atoms with Crippen LogP contribution in [0.1, 0.15) is 24.3 Å². The molecule has 3 N–H and O–H groups in total. The molecule has 9 heteroatoms. The van der Waals surface area contributed by atoms with Gasteiger partial charge in [0.05, 0.1) is 31.7 Å². The van der Waals surface area contributed by atoms with Crippen LogP contribution in [0.4, 0.5) is 5.95 Å². The molecule has 0 saturated carbocycles. The van der Waals surface area contributed by atoms with Gasteiger partial charge in [-0.05, 0) is 6.42 Å². The summed E-state index contributed by atoms with van der Waals surface area (Å²) in [5.41, 5.74) is 7.04. The minimum Gasteiger partial charge on any atom is -0.371 e. The third kappa shape index (κ3) is 2.89. The van der Waals surface area contributed by atoms with E-state index in [9.17, 15) is 4.79 Å². The highest BCUT2D eigenvalue weighted by Gasteiger charge is 2.39. The van der Waals surface area contributed by atoms with Crippen molar-refractivity contribution >= 4 is 17.1 Å². The average molecular weight is 369 g/mol. The summed E-state index contributed by atoms with van der Waals surface area (Å²) in [5.74, 6) is 0.0651. The standard InChI is InChI=1S/C18H19N5O4/c19-18-21-15-14(16(24)22-18)20-9-23(15)11-6-12-13(25-7-11)8-26-17(27-12)10-4-2-1-3-5-10/h1-5,9,11-13,17H,6-8H2,(H3,19,21,22,24)/t11-,12?,13+,17+/m0/s1. The molecule has 0 bridgehead atoms. The fourth-order valence-corrected chi connectivity index (χ4v) is 3.70. The minimum absolute atomic E-state index is 0.0560. The van der Waals surface area contributed by atoms with Gasteiger partial charge in [-0.15, -0.1) is 0 Å². The normalized spacial score (nSPS) is 28.1. The predicted molar refractivity (Wildman–Crippen MR) is 96.0 cm³/mol. The molecule has 2 aliphatic rings. The first-order valence-corrected chi connectivity index (χ1v) is 8.85. The maximum atomic E-state index is 12.0. The van der Waals surface area contributed by atoms with E-state index >= 15 is 0 Å². The van der Waals surface area contributed by atoms with Crippen LogP contribution >= 0.6 is 0 Å². The topological polar surface area (TPSA) is 117 Å². The number of fused-ring (bicyclic) bond motifs is 2. The number of anilines is 1. The lowest BCUT2D eigenvalue weighted by Crippen LogP contribution is -2.47. The van der Waals surface area contributed by atoms with Gasteiger partial charge in [-0.25, -0.2) is 4.98 Å². The largest absolute Gasteiger partial charge is 0.371 e. The molecule has 4 atom stereocenters. The van der Waals surface area contributed by atoms with Crippen molar-refractivity contribution in [2.45, 2.75) is 31.0 Å². The van der Waals surface area contributed by atoms with Gasteiger partial charge in [0.15, 0.2) is 17.5 Å². The second-order valence-electron chi connectivity index (χ2n) is 6.79. The number of hydrogen-bond acceptors (Lipinski definition) is 7. The Morgan fingerprint density at radius 2 is 2.00 bits per heavy atom. The zero-order chi connectivity index (χ0) is 18.4. The number of nitrogen functional groups attached to an aromatic ring is 1. The Hall–Kier alpha value is -2.75. The van der Waals surface area contributed by atoms with E-state index in [0.717, 1.165) is 5.56 Å². The van der Waals surface area contributed by atoms with E-state index in [2.05, 4.69) is 15.0 Å². The van der Waals surface area contributed by atoms with Crippen LogP contribution in [0.2, 0.25) is 0 Å². The number of imidazole rings is 1. The summed E-state index contributed by atoms with van der Waals surface area (Å²) >= 11 is 0. The van der Waals surface area contributed by atoms with Gasteiger partial charge in [-0.2, -0.15) is 4.98 Å². The molecule has 0 spiro atoms. The maximum Gasteiger partial charge on any atom is 0.280 e. The monoisotopic (exact) mass is 369 g/mol. The van der Waals surface area contributed by atoms with Crippen LogP contribution in [-0.2, 0) is 14.2 Å². The van der Waals surface area contributed by atoms with E-state index < -0.39 is 6.29 Å². The lowest BCUT2D eigenvalue weighted by atomic mass is 10.0. The fourth-order valence-electron chi connectivity index (χ4n) is 3.70. The van der Waals surface area contributed by atoms with Gasteiger partial charge in [0, 0.05) is 5.56 Å². The van der Waals surface area contributed by atoms with E-state index in [4.69, 9.17) is 19.9 Å². The highest BCUT2D eigenvalue weighted by atomic mass is 16.7. The summed E-state index contributed by atoms with van der Waals surface area (Å²) < 4.78 is 19.8. The molecule has 1 aromatic carbocycles. The first kappa shape index (κ1) is 16.4. The van der Waals surface area contributed by atoms with Crippen LogP contribution in [0, 0.1) is 0 Å². The number of nitrogens with two attached hydrogens (primary N) is 1. The summed E-state index contributed by atoms with van der Waals surface area (Å²) in [7, 11) is 0. The summed E-state index contributed by atoms with van der Waals surface area (Å²) in [6.45, 7) is 0.941. The Morgan fingerprint density at radius 3 is 2.85 bits per heavy atom. The molecule has 3 aromatic rings. The summed E-state index contributed by atoms with van der Waals surface area (Å²) in [6.07, 6.45) is 1.66. The molecule has 2 saturated heterocycles. The molecule has 0 amide bonds. The first-order chi connectivity index (χ1) is 13.2. The number of hydrogen-bond donors (Lipinski definition) is 2. The Kier molecular flexibility index (Phi) is 3.92. The van der Waals surface area contributed by atoms with Crippen molar-refractivity contribution in [2.75, 3.05) is 18.9 Å². The van der Waals surface area contributed by atoms with Crippen molar-refractivity contribution in [3.63, 3.8) is 0 Å². The van der Waals surface area contributed by atoms with Crippen molar-refractivity contribution < 1.29 is 14.2 Å². The third-order valence-electron chi connectivity index (χ3n) is 5.05. The number of nitrogens with one attached hydrogen (secondary N) is 1. The SMILES string of the molecule is Nc1nc2c(ncn2[C@@H]2CO[C@@H]3CO[C@@H](c4ccccc4)OC3C2)c(=O)[nH]1. The quantitative estimate of drug-likeness (QED) is 0.696. The highest BCUT2D eigenvalue weighted by molar-refractivity contribution is 5.70. The van der Waals surface area contributed by atoms with Gasteiger partial charge >= 0.3 is 0 Å². The van der Waals surface area contributed by atoms with Gasteiger partial charge in [-0.3, -0.25) is 9.78 Å². The molecule has 0 aliphatic carbocycles. The zero-order valence-electron chi connectivity index (χ0n) is 14.4. The molecule has 140 valence electrons. The lowest BCUT2D eigenvalue weighted by molar-refractivity contribution is -0.282. The van der Waals surface area contributed by atoms with Crippen LogP contribution in [0.3, 0.4) is 0 Å². The summed E-state index contributed by atoms with van der Waals surface area (Å²) in [6, 6.07) is 9.78. The van der Waals surface area contributed by atoms with E-state index in [1.54, 1.807) is 6.33 Å². The first-order valence-electron chi connectivity index (χ1n) is 8.85.